The molecular weight excluding hydrogens is 268 g/mol. The van der Waals surface area contributed by atoms with Crippen molar-refractivity contribution in [2.24, 2.45) is 5.73 Å². The van der Waals surface area contributed by atoms with Gasteiger partial charge >= 0.3 is 0 Å². The van der Waals surface area contributed by atoms with E-state index in [0.717, 1.165) is 38.0 Å². The number of hydrogen-bond acceptors (Lipinski definition) is 3. The Hall–Kier alpha value is -1.00. The van der Waals surface area contributed by atoms with Crippen LogP contribution in [0.5, 0.6) is 0 Å². The lowest BCUT2D eigenvalue weighted by Gasteiger charge is -2.27. The van der Waals surface area contributed by atoms with Crippen LogP contribution in [-0.2, 0) is 11.2 Å². The van der Waals surface area contributed by atoms with Crippen molar-refractivity contribution in [1.29, 1.82) is 0 Å². The number of nitrogens with two attached hydrogens (primary N) is 1. The lowest BCUT2D eigenvalue weighted by atomic mass is 10.0. The Balaban J connectivity index is 1.94. The third-order valence-corrected chi connectivity index (χ3v) is 4.57. The van der Waals surface area contributed by atoms with E-state index in [4.69, 9.17) is 5.73 Å². The molecule has 0 radical (unpaired) electrons. The number of amides is 1. The zero-order valence-electron chi connectivity index (χ0n) is 12.1. The van der Waals surface area contributed by atoms with Crippen molar-refractivity contribution in [3.8, 4) is 0 Å². The van der Waals surface area contributed by atoms with Gasteiger partial charge in [0.2, 0.25) is 5.91 Å². The lowest BCUT2D eigenvalue weighted by molar-refractivity contribution is -0.133. The third-order valence-electron chi connectivity index (χ3n) is 3.92. The molecule has 0 saturated carbocycles. The predicted molar refractivity (Wildman–Crippen MR) is 85.9 cm³/mol. The average molecular weight is 292 g/mol. The van der Waals surface area contributed by atoms with Gasteiger partial charge in [-0.1, -0.05) is 30.3 Å². The molecule has 1 unspecified atom stereocenters. The minimum Gasteiger partial charge on any atom is -0.338 e. The summed E-state index contributed by atoms with van der Waals surface area (Å²) in [5.41, 5.74) is 7.33. The quantitative estimate of drug-likeness (QED) is 0.875. The first-order chi connectivity index (χ1) is 9.72. The molecule has 1 saturated heterocycles. The SMILES string of the molecule is CSCC[C@@H](N)C(=O)N1CCCC1Cc1ccccc1. The summed E-state index contributed by atoms with van der Waals surface area (Å²) in [5.74, 6) is 1.09. The summed E-state index contributed by atoms with van der Waals surface area (Å²) < 4.78 is 0. The van der Waals surface area contributed by atoms with Crippen molar-refractivity contribution in [1.82, 2.24) is 4.90 Å². The maximum absolute atomic E-state index is 12.4. The molecule has 1 amide bonds. The van der Waals surface area contributed by atoms with Crippen LogP contribution in [0.3, 0.4) is 0 Å². The maximum atomic E-state index is 12.4. The van der Waals surface area contributed by atoms with Crippen LogP contribution in [0.2, 0.25) is 0 Å². The highest BCUT2D eigenvalue weighted by Crippen LogP contribution is 2.22. The van der Waals surface area contributed by atoms with E-state index in [1.165, 1.54) is 5.56 Å². The van der Waals surface area contributed by atoms with Crippen LogP contribution >= 0.6 is 11.8 Å². The molecule has 1 heterocycles. The Morgan fingerprint density at radius 2 is 2.20 bits per heavy atom. The van der Waals surface area contributed by atoms with Gasteiger partial charge in [-0.2, -0.15) is 11.8 Å². The number of thioether (sulfide) groups is 1. The average Bonchev–Trinajstić information content (AvgIpc) is 2.93. The molecule has 2 atom stereocenters. The zero-order chi connectivity index (χ0) is 14.4. The highest BCUT2D eigenvalue weighted by molar-refractivity contribution is 7.98. The van der Waals surface area contributed by atoms with E-state index < -0.39 is 0 Å². The van der Waals surface area contributed by atoms with E-state index in [1.54, 1.807) is 11.8 Å². The molecule has 4 heteroatoms. The van der Waals surface area contributed by atoms with Crippen molar-refractivity contribution in [3.05, 3.63) is 35.9 Å². The van der Waals surface area contributed by atoms with Gasteiger partial charge in [0, 0.05) is 12.6 Å². The molecule has 1 aliphatic rings. The number of rotatable bonds is 6. The van der Waals surface area contributed by atoms with Crippen LogP contribution in [0, 0.1) is 0 Å². The van der Waals surface area contributed by atoms with Gasteiger partial charge in [-0.15, -0.1) is 0 Å². The molecule has 2 rings (SSSR count). The second-order valence-electron chi connectivity index (χ2n) is 5.41. The molecule has 0 aromatic heterocycles. The number of benzene rings is 1. The van der Waals surface area contributed by atoms with E-state index >= 15 is 0 Å². The van der Waals surface area contributed by atoms with Crippen LogP contribution in [0.4, 0.5) is 0 Å². The lowest BCUT2D eigenvalue weighted by Crippen LogP contribution is -2.46. The standard InChI is InChI=1S/C16H24N2OS/c1-20-11-9-15(17)16(19)18-10-5-8-14(18)12-13-6-3-2-4-7-13/h2-4,6-7,14-15H,5,8-12,17H2,1H3/t14?,15-/m1/s1. The molecular formula is C16H24N2OS. The fourth-order valence-corrected chi connectivity index (χ4v) is 3.30. The summed E-state index contributed by atoms with van der Waals surface area (Å²) in [6, 6.07) is 10.4. The molecule has 0 spiro atoms. The van der Waals surface area contributed by atoms with Gasteiger partial charge in [0.25, 0.3) is 0 Å². The summed E-state index contributed by atoms with van der Waals surface area (Å²) >= 11 is 1.74. The summed E-state index contributed by atoms with van der Waals surface area (Å²) in [7, 11) is 0. The first-order valence-corrected chi connectivity index (χ1v) is 8.70. The van der Waals surface area contributed by atoms with Crippen LogP contribution in [0.1, 0.15) is 24.8 Å². The Kier molecular flexibility index (Phi) is 5.92. The Labute approximate surface area is 125 Å². The Morgan fingerprint density at radius 3 is 2.90 bits per heavy atom. The fourth-order valence-electron chi connectivity index (χ4n) is 2.81. The first kappa shape index (κ1) is 15.4. The molecule has 1 aromatic rings. The molecule has 1 aliphatic heterocycles. The largest absolute Gasteiger partial charge is 0.338 e. The van der Waals surface area contributed by atoms with E-state index in [9.17, 15) is 4.79 Å². The van der Waals surface area contributed by atoms with Crippen molar-refractivity contribution < 1.29 is 4.79 Å². The molecule has 2 N–H and O–H groups in total. The highest BCUT2D eigenvalue weighted by Gasteiger charge is 2.31. The number of hydrogen-bond donors (Lipinski definition) is 1. The maximum Gasteiger partial charge on any atom is 0.239 e. The van der Waals surface area contributed by atoms with Gasteiger partial charge in [0.05, 0.1) is 6.04 Å². The topological polar surface area (TPSA) is 46.3 Å². The molecule has 1 fully saturated rings. The summed E-state index contributed by atoms with van der Waals surface area (Å²) in [6.07, 6.45) is 5.95. The summed E-state index contributed by atoms with van der Waals surface area (Å²) in [4.78, 5) is 14.5. The highest BCUT2D eigenvalue weighted by atomic mass is 32.2. The normalized spacial score (nSPS) is 20.1. The van der Waals surface area contributed by atoms with Gasteiger partial charge in [-0.05, 0) is 43.3 Å². The fraction of sp³-hybridized carbons (Fsp3) is 0.562. The smallest absolute Gasteiger partial charge is 0.239 e. The molecule has 1 aromatic carbocycles. The third kappa shape index (κ3) is 4.00. The van der Waals surface area contributed by atoms with Crippen molar-refractivity contribution >= 4 is 17.7 Å². The van der Waals surface area contributed by atoms with Gasteiger partial charge in [-0.3, -0.25) is 4.79 Å². The van der Waals surface area contributed by atoms with Gasteiger partial charge < -0.3 is 10.6 Å². The van der Waals surface area contributed by atoms with Crippen molar-refractivity contribution in [2.45, 2.75) is 37.8 Å². The molecule has 110 valence electrons. The van der Waals surface area contributed by atoms with E-state index in [-0.39, 0.29) is 11.9 Å². The van der Waals surface area contributed by atoms with Gasteiger partial charge in [0.15, 0.2) is 0 Å². The second-order valence-corrected chi connectivity index (χ2v) is 6.39. The van der Waals surface area contributed by atoms with Gasteiger partial charge in [0.1, 0.15) is 0 Å². The molecule has 3 nitrogen and oxygen atoms in total. The Bertz CT molecular complexity index is 424. The van der Waals surface area contributed by atoms with Crippen LogP contribution < -0.4 is 5.73 Å². The number of carbonyl (C=O) groups excluding carboxylic acids is 1. The van der Waals surface area contributed by atoms with Gasteiger partial charge in [-0.25, -0.2) is 0 Å². The Morgan fingerprint density at radius 1 is 1.45 bits per heavy atom. The minimum atomic E-state index is -0.334. The number of likely N-dealkylation sites (tertiary alicyclic amines) is 1. The summed E-state index contributed by atoms with van der Waals surface area (Å²) in [6.45, 7) is 0.864. The van der Waals surface area contributed by atoms with Crippen LogP contribution in [0.25, 0.3) is 0 Å². The monoisotopic (exact) mass is 292 g/mol. The van der Waals surface area contributed by atoms with Crippen molar-refractivity contribution in [2.75, 3.05) is 18.6 Å². The van der Waals surface area contributed by atoms with Crippen LogP contribution in [0.15, 0.2) is 30.3 Å². The van der Waals surface area contributed by atoms with Crippen LogP contribution in [-0.4, -0.2) is 41.4 Å². The molecule has 20 heavy (non-hydrogen) atoms. The molecule has 0 aliphatic carbocycles. The number of nitrogens with zero attached hydrogens (tertiary/aromatic N) is 1. The predicted octanol–water partition coefficient (Wildman–Crippen LogP) is 2.30. The van der Waals surface area contributed by atoms with Crippen molar-refractivity contribution in [3.63, 3.8) is 0 Å². The first-order valence-electron chi connectivity index (χ1n) is 7.31. The van der Waals surface area contributed by atoms with E-state index in [1.807, 2.05) is 17.2 Å². The number of carbonyl (C=O) groups is 1. The van der Waals surface area contributed by atoms with E-state index in [0.29, 0.717) is 6.04 Å². The van der Waals surface area contributed by atoms with E-state index in [2.05, 4.69) is 24.3 Å². The second kappa shape index (κ2) is 7.70. The molecule has 0 bridgehead atoms. The zero-order valence-corrected chi connectivity index (χ0v) is 12.9. The minimum absolute atomic E-state index is 0.137. The summed E-state index contributed by atoms with van der Waals surface area (Å²) in [5, 5.41) is 0.